The quantitative estimate of drug-likeness (QED) is 0.789. The summed E-state index contributed by atoms with van der Waals surface area (Å²) in [5.74, 6) is 2.81. The van der Waals surface area contributed by atoms with Crippen molar-refractivity contribution in [3.63, 3.8) is 0 Å². The smallest absolute Gasteiger partial charge is 0.306 e. The SMILES string of the molecule is O=C(C[C@@H]1C[C@H]2CC[C@@H]1C2)OCc1nc(-c2ccccc2)no1. The van der Waals surface area contributed by atoms with Crippen molar-refractivity contribution in [3.8, 4) is 11.4 Å². The molecule has 120 valence electrons. The predicted molar refractivity (Wildman–Crippen MR) is 83.1 cm³/mol. The average Bonchev–Trinajstić information content (AvgIpc) is 3.30. The minimum Gasteiger partial charge on any atom is -0.456 e. The van der Waals surface area contributed by atoms with E-state index in [-0.39, 0.29) is 12.6 Å². The van der Waals surface area contributed by atoms with E-state index in [0.29, 0.717) is 24.1 Å². The molecule has 23 heavy (non-hydrogen) atoms. The van der Waals surface area contributed by atoms with Crippen molar-refractivity contribution in [1.82, 2.24) is 10.1 Å². The molecule has 0 spiro atoms. The van der Waals surface area contributed by atoms with Gasteiger partial charge in [0.2, 0.25) is 5.82 Å². The molecular weight excluding hydrogens is 292 g/mol. The molecule has 2 aromatic rings. The Balaban J connectivity index is 1.29. The number of carbonyl (C=O) groups excluding carboxylic acids is 1. The largest absolute Gasteiger partial charge is 0.456 e. The standard InChI is InChI=1S/C18H20N2O3/c21-17(10-15-9-12-6-7-14(15)8-12)22-11-16-19-18(20-23-16)13-4-2-1-3-5-13/h1-5,12,14-15H,6-11H2/t12-,14+,15-/m0/s1. The van der Waals surface area contributed by atoms with Crippen molar-refractivity contribution in [2.24, 2.45) is 17.8 Å². The number of carbonyl (C=O) groups is 1. The summed E-state index contributed by atoms with van der Waals surface area (Å²) in [6, 6.07) is 9.59. The van der Waals surface area contributed by atoms with Crippen molar-refractivity contribution in [2.75, 3.05) is 0 Å². The van der Waals surface area contributed by atoms with Crippen molar-refractivity contribution < 1.29 is 14.1 Å². The van der Waals surface area contributed by atoms with Crippen LogP contribution in [0.2, 0.25) is 0 Å². The highest BCUT2D eigenvalue weighted by molar-refractivity contribution is 5.69. The van der Waals surface area contributed by atoms with Crippen molar-refractivity contribution in [3.05, 3.63) is 36.2 Å². The topological polar surface area (TPSA) is 65.2 Å². The van der Waals surface area contributed by atoms with Gasteiger partial charge < -0.3 is 9.26 Å². The summed E-state index contributed by atoms with van der Waals surface area (Å²) in [7, 11) is 0. The molecule has 4 rings (SSSR count). The van der Waals surface area contributed by atoms with Crippen molar-refractivity contribution in [2.45, 2.75) is 38.7 Å². The van der Waals surface area contributed by atoms with E-state index >= 15 is 0 Å². The third-order valence-electron chi connectivity index (χ3n) is 5.17. The fourth-order valence-electron chi connectivity index (χ4n) is 4.06. The molecule has 2 fully saturated rings. The van der Waals surface area contributed by atoms with E-state index in [2.05, 4.69) is 10.1 Å². The Hall–Kier alpha value is -2.17. The highest BCUT2D eigenvalue weighted by Crippen LogP contribution is 2.49. The van der Waals surface area contributed by atoms with Crippen LogP contribution in [0.3, 0.4) is 0 Å². The van der Waals surface area contributed by atoms with Gasteiger partial charge in [0.15, 0.2) is 6.61 Å². The van der Waals surface area contributed by atoms with Crippen LogP contribution in [-0.4, -0.2) is 16.1 Å². The Morgan fingerprint density at radius 1 is 1.22 bits per heavy atom. The van der Waals surface area contributed by atoms with Gasteiger partial charge in [0.1, 0.15) is 0 Å². The van der Waals surface area contributed by atoms with Crippen LogP contribution in [0.15, 0.2) is 34.9 Å². The van der Waals surface area contributed by atoms with E-state index in [4.69, 9.17) is 9.26 Å². The van der Waals surface area contributed by atoms with Crippen molar-refractivity contribution >= 4 is 5.97 Å². The zero-order valence-corrected chi connectivity index (χ0v) is 13.0. The van der Waals surface area contributed by atoms with Gasteiger partial charge in [-0.2, -0.15) is 4.98 Å². The zero-order chi connectivity index (χ0) is 15.6. The minimum absolute atomic E-state index is 0.0550. The number of rotatable bonds is 5. The monoisotopic (exact) mass is 312 g/mol. The van der Waals surface area contributed by atoms with Crippen LogP contribution in [0.5, 0.6) is 0 Å². The van der Waals surface area contributed by atoms with Gasteiger partial charge in [0.05, 0.1) is 0 Å². The summed E-state index contributed by atoms with van der Waals surface area (Å²) in [4.78, 5) is 16.3. The lowest BCUT2D eigenvalue weighted by atomic mass is 9.86. The Morgan fingerprint density at radius 2 is 2.09 bits per heavy atom. The Kier molecular flexibility index (Phi) is 3.85. The van der Waals surface area contributed by atoms with E-state index in [1.165, 1.54) is 25.7 Å². The van der Waals surface area contributed by atoms with Gasteiger partial charge in [-0.25, -0.2) is 0 Å². The zero-order valence-electron chi connectivity index (χ0n) is 13.0. The van der Waals surface area contributed by atoms with E-state index < -0.39 is 0 Å². The fraction of sp³-hybridized carbons (Fsp3) is 0.500. The number of hydrogen-bond acceptors (Lipinski definition) is 5. The first kappa shape index (κ1) is 14.4. The molecule has 0 amide bonds. The average molecular weight is 312 g/mol. The summed E-state index contributed by atoms with van der Waals surface area (Å²) in [6.45, 7) is 0.0550. The van der Waals surface area contributed by atoms with Crippen LogP contribution < -0.4 is 0 Å². The number of nitrogens with zero attached hydrogens (tertiary/aromatic N) is 2. The van der Waals surface area contributed by atoms with Gasteiger partial charge in [0.25, 0.3) is 5.89 Å². The molecule has 0 N–H and O–H groups in total. The Bertz CT molecular complexity index is 683. The van der Waals surface area contributed by atoms with Gasteiger partial charge >= 0.3 is 5.97 Å². The fourth-order valence-corrected chi connectivity index (χ4v) is 4.06. The number of benzene rings is 1. The van der Waals surface area contributed by atoms with Crippen LogP contribution in [0.1, 0.15) is 38.0 Å². The molecule has 0 aliphatic heterocycles. The van der Waals surface area contributed by atoms with Crippen molar-refractivity contribution in [1.29, 1.82) is 0 Å². The van der Waals surface area contributed by atoms with Crippen LogP contribution in [0.4, 0.5) is 0 Å². The first-order chi connectivity index (χ1) is 11.3. The van der Waals surface area contributed by atoms with Gasteiger partial charge in [-0.3, -0.25) is 4.79 Å². The molecule has 0 radical (unpaired) electrons. The summed E-state index contributed by atoms with van der Waals surface area (Å²) in [5.41, 5.74) is 0.885. The molecule has 0 unspecified atom stereocenters. The van der Waals surface area contributed by atoms with Crippen LogP contribution in [0.25, 0.3) is 11.4 Å². The van der Waals surface area contributed by atoms with E-state index in [1.54, 1.807) is 0 Å². The molecule has 1 heterocycles. The molecular formula is C18H20N2O3. The number of esters is 1. The van der Waals surface area contributed by atoms with E-state index in [0.717, 1.165) is 17.4 Å². The maximum atomic E-state index is 12.0. The summed E-state index contributed by atoms with van der Waals surface area (Å²) >= 11 is 0. The summed E-state index contributed by atoms with van der Waals surface area (Å²) in [6.07, 6.45) is 5.66. The molecule has 2 bridgehead atoms. The molecule has 3 atom stereocenters. The number of fused-ring (bicyclic) bond motifs is 2. The van der Waals surface area contributed by atoms with Crippen LogP contribution in [-0.2, 0) is 16.1 Å². The van der Waals surface area contributed by atoms with Gasteiger partial charge in [-0.1, -0.05) is 41.9 Å². The number of ether oxygens (including phenoxy) is 1. The maximum absolute atomic E-state index is 12.0. The molecule has 2 aliphatic carbocycles. The second-order valence-corrected chi connectivity index (χ2v) is 6.68. The molecule has 5 heteroatoms. The minimum atomic E-state index is -0.151. The third kappa shape index (κ3) is 3.14. The second-order valence-electron chi connectivity index (χ2n) is 6.68. The predicted octanol–water partition coefficient (Wildman–Crippen LogP) is 3.61. The first-order valence-electron chi connectivity index (χ1n) is 8.31. The summed E-state index contributed by atoms with van der Waals surface area (Å²) in [5, 5.41) is 3.92. The lowest BCUT2D eigenvalue weighted by molar-refractivity contribution is -0.147. The Morgan fingerprint density at radius 3 is 2.83 bits per heavy atom. The van der Waals surface area contributed by atoms with Crippen LogP contribution >= 0.6 is 0 Å². The maximum Gasteiger partial charge on any atom is 0.306 e. The van der Waals surface area contributed by atoms with Crippen LogP contribution in [0, 0.1) is 17.8 Å². The number of hydrogen-bond donors (Lipinski definition) is 0. The molecule has 0 saturated heterocycles. The normalized spacial score (nSPS) is 25.7. The molecule has 1 aromatic heterocycles. The highest BCUT2D eigenvalue weighted by Gasteiger charge is 2.40. The van der Waals surface area contributed by atoms with E-state index in [1.807, 2.05) is 30.3 Å². The first-order valence-corrected chi connectivity index (χ1v) is 8.31. The molecule has 1 aromatic carbocycles. The molecule has 5 nitrogen and oxygen atoms in total. The molecule has 2 aliphatic rings. The summed E-state index contributed by atoms with van der Waals surface area (Å²) < 4.78 is 10.5. The van der Waals surface area contributed by atoms with Gasteiger partial charge in [-0.05, 0) is 37.0 Å². The van der Waals surface area contributed by atoms with E-state index in [9.17, 15) is 4.79 Å². The highest BCUT2D eigenvalue weighted by atomic mass is 16.6. The second kappa shape index (κ2) is 6.14. The third-order valence-corrected chi connectivity index (χ3v) is 5.17. The lowest BCUT2D eigenvalue weighted by Crippen LogP contribution is -2.17. The number of aromatic nitrogens is 2. The van der Waals surface area contributed by atoms with Gasteiger partial charge in [-0.15, -0.1) is 0 Å². The molecule has 2 saturated carbocycles. The lowest BCUT2D eigenvalue weighted by Gasteiger charge is -2.20. The Labute approximate surface area is 135 Å². The van der Waals surface area contributed by atoms with Gasteiger partial charge in [0, 0.05) is 12.0 Å².